The Morgan fingerprint density at radius 3 is 2.52 bits per heavy atom. The fourth-order valence-electron chi connectivity index (χ4n) is 3.61. The van der Waals surface area contributed by atoms with Crippen LogP contribution in [0.5, 0.6) is 0 Å². The predicted molar refractivity (Wildman–Crippen MR) is 107 cm³/mol. The Labute approximate surface area is 154 Å². The third-order valence-corrected chi connectivity index (χ3v) is 6.23. The second-order valence-electron chi connectivity index (χ2n) is 6.95. The van der Waals surface area contributed by atoms with Crippen molar-refractivity contribution in [1.82, 2.24) is 9.80 Å². The van der Waals surface area contributed by atoms with Crippen LogP contribution in [0.4, 0.5) is 17.1 Å². The number of hydrogen-bond acceptors (Lipinski definition) is 5. The van der Waals surface area contributed by atoms with E-state index in [9.17, 15) is 0 Å². The van der Waals surface area contributed by atoms with Gasteiger partial charge in [-0.05, 0) is 50.3 Å². The number of anilines is 3. The quantitative estimate of drug-likeness (QED) is 0.850. The molecule has 0 saturated carbocycles. The Hall–Kier alpha value is -1.69. The van der Waals surface area contributed by atoms with E-state index in [0.29, 0.717) is 0 Å². The molecule has 4 nitrogen and oxygen atoms in total. The summed E-state index contributed by atoms with van der Waals surface area (Å²) >= 11 is 1.84. The summed E-state index contributed by atoms with van der Waals surface area (Å²) in [6.07, 6.45) is 1.16. The normalized spacial score (nSPS) is 18.0. The monoisotopic (exact) mass is 354 g/mol. The van der Waals surface area contributed by atoms with Gasteiger partial charge in [-0.25, -0.2) is 0 Å². The predicted octanol–water partition coefficient (Wildman–Crippen LogP) is 3.51. The van der Waals surface area contributed by atoms with Gasteiger partial charge in [0.15, 0.2) is 0 Å². The molecule has 2 aliphatic rings. The highest BCUT2D eigenvalue weighted by atomic mass is 32.2. The molecular weight excluding hydrogens is 328 g/mol. The van der Waals surface area contributed by atoms with Crippen molar-refractivity contribution in [3.05, 3.63) is 42.5 Å². The van der Waals surface area contributed by atoms with Gasteiger partial charge >= 0.3 is 0 Å². The van der Waals surface area contributed by atoms with Crippen LogP contribution < -0.4 is 10.6 Å². The van der Waals surface area contributed by atoms with Crippen molar-refractivity contribution < 1.29 is 0 Å². The van der Waals surface area contributed by atoms with Crippen LogP contribution in [0.15, 0.2) is 52.3 Å². The second kappa shape index (κ2) is 7.28. The number of likely N-dealkylation sites (N-methyl/N-ethyl adjacent to an activating group) is 1. The number of hydrogen-bond donors (Lipinski definition) is 1. The Morgan fingerprint density at radius 2 is 1.68 bits per heavy atom. The van der Waals surface area contributed by atoms with Gasteiger partial charge < -0.3 is 20.4 Å². The third-order valence-electron chi connectivity index (χ3n) is 5.10. The van der Waals surface area contributed by atoms with Crippen molar-refractivity contribution in [3.63, 3.8) is 0 Å². The molecule has 0 spiro atoms. The smallest absolute Gasteiger partial charge is 0.0573 e. The topological polar surface area (TPSA) is 35.7 Å². The fourth-order valence-corrected chi connectivity index (χ4v) is 4.69. The Bertz CT molecular complexity index is 740. The number of nitrogens with zero attached hydrogens (tertiary/aromatic N) is 3. The van der Waals surface area contributed by atoms with E-state index in [1.54, 1.807) is 0 Å². The van der Waals surface area contributed by atoms with E-state index in [-0.39, 0.29) is 0 Å². The largest absolute Gasteiger partial charge is 0.399 e. The van der Waals surface area contributed by atoms with Crippen LogP contribution in [-0.2, 0) is 0 Å². The number of piperazine rings is 1. The molecule has 5 heteroatoms. The van der Waals surface area contributed by atoms with Crippen molar-refractivity contribution in [1.29, 1.82) is 0 Å². The van der Waals surface area contributed by atoms with Gasteiger partial charge in [-0.1, -0.05) is 23.9 Å². The molecule has 0 bridgehead atoms. The summed E-state index contributed by atoms with van der Waals surface area (Å²) in [6.45, 7) is 6.93. The van der Waals surface area contributed by atoms with Crippen LogP contribution in [0.3, 0.4) is 0 Å². The summed E-state index contributed by atoms with van der Waals surface area (Å²) in [5.41, 5.74) is 9.47. The SMILES string of the molecule is CN1CCN(CCCN2c3ccccc3Sc3ccc(N)cc32)CC1. The molecular formula is C20H26N4S. The molecule has 2 aliphatic heterocycles. The standard InChI is InChI=1S/C20H26N4S/c1-22-11-13-23(14-12-22)9-4-10-24-17-5-2-3-6-19(17)25-20-8-7-16(21)15-18(20)24/h2-3,5-8,15H,4,9-14,21H2,1H3. The fraction of sp³-hybridized carbons (Fsp3) is 0.400. The van der Waals surface area contributed by atoms with Crippen molar-refractivity contribution in [2.75, 3.05) is 56.9 Å². The molecule has 4 rings (SSSR count). The van der Waals surface area contributed by atoms with Crippen LogP contribution in [-0.4, -0.2) is 56.1 Å². The van der Waals surface area contributed by atoms with E-state index in [4.69, 9.17) is 5.73 Å². The zero-order valence-corrected chi connectivity index (χ0v) is 15.6. The highest BCUT2D eigenvalue weighted by Crippen LogP contribution is 2.48. The second-order valence-corrected chi connectivity index (χ2v) is 8.03. The lowest BCUT2D eigenvalue weighted by Gasteiger charge is -2.35. The van der Waals surface area contributed by atoms with Crippen LogP contribution in [0, 0.1) is 0 Å². The van der Waals surface area contributed by atoms with E-state index in [0.717, 1.165) is 25.2 Å². The van der Waals surface area contributed by atoms with Gasteiger partial charge in [-0.2, -0.15) is 0 Å². The first kappa shape index (κ1) is 16.8. The minimum absolute atomic E-state index is 0.836. The van der Waals surface area contributed by atoms with Crippen molar-refractivity contribution in [3.8, 4) is 0 Å². The number of nitrogen functional groups attached to an aromatic ring is 1. The van der Waals surface area contributed by atoms with E-state index < -0.39 is 0 Å². The molecule has 0 unspecified atom stereocenters. The molecule has 25 heavy (non-hydrogen) atoms. The average molecular weight is 355 g/mol. The lowest BCUT2D eigenvalue weighted by Crippen LogP contribution is -2.45. The maximum atomic E-state index is 6.07. The molecule has 0 radical (unpaired) electrons. The van der Waals surface area contributed by atoms with E-state index in [2.05, 4.69) is 58.1 Å². The lowest BCUT2D eigenvalue weighted by atomic mass is 10.2. The highest BCUT2D eigenvalue weighted by Gasteiger charge is 2.23. The molecule has 1 saturated heterocycles. The lowest BCUT2D eigenvalue weighted by molar-refractivity contribution is 0.153. The summed E-state index contributed by atoms with van der Waals surface area (Å²) in [5, 5.41) is 0. The van der Waals surface area contributed by atoms with Crippen LogP contribution in [0.25, 0.3) is 0 Å². The molecule has 0 aromatic heterocycles. The summed E-state index contributed by atoms with van der Waals surface area (Å²) < 4.78 is 0. The maximum Gasteiger partial charge on any atom is 0.0573 e. The van der Waals surface area contributed by atoms with Gasteiger partial charge in [0.2, 0.25) is 0 Å². The number of fused-ring (bicyclic) bond motifs is 2. The van der Waals surface area contributed by atoms with Gasteiger partial charge in [-0.15, -0.1) is 0 Å². The summed E-state index contributed by atoms with van der Waals surface area (Å²) in [4.78, 5) is 10.1. The first-order valence-electron chi connectivity index (χ1n) is 9.05. The van der Waals surface area contributed by atoms with Gasteiger partial charge in [0, 0.05) is 48.2 Å². The highest BCUT2D eigenvalue weighted by molar-refractivity contribution is 7.99. The third kappa shape index (κ3) is 3.64. The molecule has 0 aliphatic carbocycles. The number of benzene rings is 2. The first-order chi connectivity index (χ1) is 12.2. The molecule has 0 atom stereocenters. The van der Waals surface area contributed by atoms with Crippen LogP contribution >= 0.6 is 11.8 Å². The summed E-state index contributed by atoms with van der Waals surface area (Å²) in [5.74, 6) is 0. The van der Waals surface area contributed by atoms with E-state index in [1.807, 2.05) is 17.8 Å². The maximum absolute atomic E-state index is 6.07. The first-order valence-corrected chi connectivity index (χ1v) is 9.87. The van der Waals surface area contributed by atoms with Crippen molar-refractivity contribution in [2.45, 2.75) is 16.2 Å². The Kier molecular flexibility index (Phi) is 4.88. The van der Waals surface area contributed by atoms with Gasteiger partial charge in [-0.3, -0.25) is 0 Å². The zero-order chi connectivity index (χ0) is 17.2. The summed E-state index contributed by atoms with van der Waals surface area (Å²) in [7, 11) is 2.21. The molecule has 2 heterocycles. The average Bonchev–Trinajstić information content (AvgIpc) is 2.63. The molecule has 1 fully saturated rings. The summed E-state index contributed by atoms with van der Waals surface area (Å²) in [6, 6.07) is 15.0. The minimum atomic E-state index is 0.836. The van der Waals surface area contributed by atoms with Gasteiger partial charge in [0.1, 0.15) is 0 Å². The van der Waals surface area contributed by atoms with Crippen molar-refractivity contribution in [2.24, 2.45) is 0 Å². The number of rotatable bonds is 4. The van der Waals surface area contributed by atoms with E-state index >= 15 is 0 Å². The van der Waals surface area contributed by atoms with Gasteiger partial charge in [0.05, 0.1) is 11.4 Å². The molecule has 132 valence electrons. The Balaban J connectivity index is 1.49. The zero-order valence-electron chi connectivity index (χ0n) is 14.8. The number of para-hydroxylation sites is 1. The van der Waals surface area contributed by atoms with Crippen LogP contribution in [0.2, 0.25) is 0 Å². The van der Waals surface area contributed by atoms with Gasteiger partial charge in [0.25, 0.3) is 0 Å². The molecule has 2 aromatic carbocycles. The molecule has 2 aromatic rings. The minimum Gasteiger partial charge on any atom is -0.399 e. The molecule has 2 N–H and O–H groups in total. The van der Waals surface area contributed by atoms with Crippen LogP contribution in [0.1, 0.15) is 6.42 Å². The number of nitrogens with two attached hydrogens (primary N) is 1. The van der Waals surface area contributed by atoms with Crippen molar-refractivity contribution >= 4 is 28.8 Å². The molecule has 0 amide bonds. The Morgan fingerprint density at radius 1 is 0.920 bits per heavy atom. The van der Waals surface area contributed by atoms with E-state index in [1.165, 1.54) is 47.3 Å².